The molecule has 0 aliphatic carbocycles. The lowest BCUT2D eigenvalue weighted by molar-refractivity contribution is -0.112. The number of nitrogens with zero attached hydrogens (tertiary/aromatic N) is 1. The topological polar surface area (TPSA) is 74.1 Å². The molecule has 0 fully saturated rings. The molecule has 6 heteroatoms. The van der Waals surface area contributed by atoms with Crippen molar-refractivity contribution < 1.29 is 13.9 Å². The van der Waals surface area contributed by atoms with Crippen molar-refractivity contribution in [2.75, 3.05) is 19.0 Å². The van der Waals surface area contributed by atoms with Gasteiger partial charge < -0.3 is 15.4 Å². The summed E-state index contributed by atoms with van der Waals surface area (Å²) in [5.41, 5.74) is 1.40. The van der Waals surface area contributed by atoms with E-state index in [1.54, 1.807) is 36.4 Å². The predicted molar refractivity (Wildman–Crippen MR) is 93.4 cm³/mol. The minimum atomic E-state index is -0.527. The van der Waals surface area contributed by atoms with E-state index in [4.69, 9.17) is 10.00 Å². The van der Waals surface area contributed by atoms with E-state index >= 15 is 0 Å². The second-order valence-electron chi connectivity index (χ2n) is 5.15. The van der Waals surface area contributed by atoms with E-state index in [2.05, 4.69) is 10.6 Å². The fraction of sp³-hybridized carbons (Fsp3) is 0.158. The van der Waals surface area contributed by atoms with E-state index in [-0.39, 0.29) is 11.4 Å². The van der Waals surface area contributed by atoms with Crippen molar-refractivity contribution in [1.82, 2.24) is 5.32 Å². The SMILES string of the molecule is COc1ccccc1NC(=O)/C(C#N)=C\NCCc1ccc(F)cc1. The summed E-state index contributed by atoms with van der Waals surface area (Å²) in [4.78, 5) is 12.2. The summed E-state index contributed by atoms with van der Waals surface area (Å²) in [5.74, 6) is -0.296. The summed E-state index contributed by atoms with van der Waals surface area (Å²) in [7, 11) is 1.50. The molecule has 0 spiro atoms. The Morgan fingerprint density at radius 2 is 1.96 bits per heavy atom. The first-order chi connectivity index (χ1) is 12.1. The van der Waals surface area contributed by atoms with Crippen molar-refractivity contribution in [3.8, 4) is 11.8 Å². The van der Waals surface area contributed by atoms with Gasteiger partial charge in [0.1, 0.15) is 23.2 Å². The molecule has 0 radical (unpaired) electrons. The number of nitriles is 1. The maximum Gasteiger partial charge on any atom is 0.267 e. The van der Waals surface area contributed by atoms with Gasteiger partial charge in [-0.05, 0) is 36.2 Å². The van der Waals surface area contributed by atoms with Gasteiger partial charge in [-0.3, -0.25) is 4.79 Å². The number of para-hydroxylation sites is 2. The zero-order chi connectivity index (χ0) is 18.1. The third-order valence-electron chi connectivity index (χ3n) is 3.44. The number of benzene rings is 2. The summed E-state index contributed by atoms with van der Waals surface area (Å²) in [6.07, 6.45) is 2.01. The molecule has 0 heterocycles. The molecule has 1 amide bonds. The standard InChI is InChI=1S/C19H18FN3O2/c1-25-18-5-3-2-4-17(18)23-19(24)15(12-21)13-22-11-10-14-6-8-16(20)9-7-14/h2-9,13,22H,10-11H2,1H3,(H,23,24)/b15-13-. The number of hydrogen-bond donors (Lipinski definition) is 2. The Morgan fingerprint density at radius 1 is 1.24 bits per heavy atom. The maximum absolute atomic E-state index is 12.8. The van der Waals surface area contributed by atoms with Gasteiger partial charge in [-0.2, -0.15) is 5.26 Å². The highest BCUT2D eigenvalue weighted by molar-refractivity contribution is 6.07. The molecule has 0 atom stereocenters. The number of anilines is 1. The van der Waals surface area contributed by atoms with Crippen LogP contribution in [0.25, 0.3) is 0 Å². The predicted octanol–water partition coefficient (Wildman–Crippen LogP) is 3.01. The summed E-state index contributed by atoms with van der Waals surface area (Å²) in [5, 5.41) is 14.7. The Morgan fingerprint density at radius 3 is 2.64 bits per heavy atom. The molecule has 25 heavy (non-hydrogen) atoms. The lowest BCUT2D eigenvalue weighted by Crippen LogP contribution is -2.18. The highest BCUT2D eigenvalue weighted by atomic mass is 19.1. The summed E-state index contributed by atoms with van der Waals surface area (Å²) >= 11 is 0. The summed E-state index contributed by atoms with van der Waals surface area (Å²) in [6, 6.07) is 15.0. The van der Waals surface area contributed by atoms with Crippen LogP contribution >= 0.6 is 0 Å². The van der Waals surface area contributed by atoms with Crippen LogP contribution in [0.2, 0.25) is 0 Å². The van der Waals surface area contributed by atoms with Gasteiger partial charge >= 0.3 is 0 Å². The Labute approximate surface area is 145 Å². The minimum Gasteiger partial charge on any atom is -0.495 e. The van der Waals surface area contributed by atoms with E-state index in [1.807, 2.05) is 6.07 Å². The van der Waals surface area contributed by atoms with Crippen LogP contribution in [-0.2, 0) is 11.2 Å². The highest BCUT2D eigenvalue weighted by Gasteiger charge is 2.11. The molecule has 0 aromatic heterocycles. The van der Waals surface area contributed by atoms with Crippen molar-refractivity contribution >= 4 is 11.6 Å². The van der Waals surface area contributed by atoms with Gasteiger partial charge in [0.2, 0.25) is 0 Å². The third kappa shape index (κ3) is 5.36. The molecule has 2 aromatic carbocycles. The molecule has 0 aliphatic heterocycles. The average molecular weight is 339 g/mol. The second kappa shape index (κ2) is 9.08. The van der Waals surface area contributed by atoms with Crippen LogP contribution in [0.4, 0.5) is 10.1 Å². The highest BCUT2D eigenvalue weighted by Crippen LogP contribution is 2.23. The lowest BCUT2D eigenvalue weighted by Gasteiger charge is -2.09. The van der Waals surface area contributed by atoms with Crippen molar-refractivity contribution in [2.24, 2.45) is 0 Å². The van der Waals surface area contributed by atoms with Crippen LogP contribution in [0, 0.1) is 17.1 Å². The van der Waals surface area contributed by atoms with E-state index in [1.165, 1.54) is 25.4 Å². The maximum atomic E-state index is 12.8. The van der Waals surface area contributed by atoms with Crippen LogP contribution in [0.5, 0.6) is 5.75 Å². The molecule has 128 valence electrons. The minimum absolute atomic E-state index is 0.0509. The molecule has 0 unspecified atom stereocenters. The quantitative estimate of drug-likeness (QED) is 0.462. The van der Waals surface area contributed by atoms with E-state index < -0.39 is 5.91 Å². The number of carbonyl (C=O) groups is 1. The number of carbonyl (C=O) groups excluding carboxylic acids is 1. The molecule has 2 N–H and O–H groups in total. The van der Waals surface area contributed by atoms with Crippen LogP contribution in [-0.4, -0.2) is 19.6 Å². The fourth-order valence-corrected chi connectivity index (χ4v) is 2.13. The number of nitrogens with one attached hydrogen (secondary N) is 2. The molecule has 0 aliphatic rings. The number of hydrogen-bond acceptors (Lipinski definition) is 4. The van der Waals surface area contributed by atoms with Gasteiger partial charge in [0, 0.05) is 12.7 Å². The Kier molecular flexibility index (Phi) is 6.55. The van der Waals surface area contributed by atoms with E-state index in [0.29, 0.717) is 24.4 Å². The zero-order valence-electron chi connectivity index (χ0n) is 13.8. The van der Waals surface area contributed by atoms with Gasteiger partial charge in [-0.15, -0.1) is 0 Å². The van der Waals surface area contributed by atoms with Gasteiger partial charge in [-0.1, -0.05) is 24.3 Å². The van der Waals surface area contributed by atoms with Crippen molar-refractivity contribution in [2.45, 2.75) is 6.42 Å². The van der Waals surface area contributed by atoms with Crippen molar-refractivity contribution in [3.05, 3.63) is 71.7 Å². The molecule has 0 saturated heterocycles. The Bertz CT molecular complexity index is 795. The van der Waals surface area contributed by atoms with Crippen LogP contribution < -0.4 is 15.4 Å². The number of amides is 1. The smallest absolute Gasteiger partial charge is 0.267 e. The van der Waals surface area contributed by atoms with Gasteiger partial charge in [0.25, 0.3) is 5.91 Å². The second-order valence-corrected chi connectivity index (χ2v) is 5.15. The van der Waals surface area contributed by atoms with E-state index in [0.717, 1.165) is 5.56 Å². The van der Waals surface area contributed by atoms with Gasteiger partial charge in [0.05, 0.1) is 12.8 Å². The molecule has 2 rings (SSSR count). The lowest BCUT2D eigenvalue weighted by atomic mass is 10.1. The first kappa shape index (κ1) is 18.0. The monoisotopic (exact) mass is 339 g/mol. The number of methoxy groups -OCH3 is 1. The summed E-state index contributed by atoms with van der Waals surface area (Å²) in [6.45, 7) is 0.513. The largest absolute Gasteiger partial charge is 0.495 e. The molecule has 2 aromatic rings. The molecule has 0 saturated carbocycles. The molecule has 5 nitrogen and oxygen atoms in total. The first-order valence-corrected chi connectivity index (χ1v) is 7.66. The van der Waals surface area contributed by atoms with Crippen LogP contribution in [0.15, 0.2) is 60.3 Å². The molecular weight excluding hydrogens is 321 g/mol. The molecule has 0 bridgehead atoms. The van der Waals surface area contributed by atoms with Crippen LogP contribution in [0.1, 0.15) is 5.56 Å². The zero-order valence-corrected chi connectivity index (χ0v) is 13.8. The number of ether oxygens (including phenoxy) is 1. The van der Waals surface area contributed by atoms with E-state index in [9.17, 15) is 9.18 Å². The fourth-order valence-electron chi connectivity index (χ4n) is 2.13. The Balaban J connectivity index is 1.91. The number of rotatable bonds is 7. The van der Waals surface area contributed by atoms with Crippen LogP contribution in [0.3, 0.4) is 0 Å². The first-order valence-electron chi connectivity index (χ1n) is 7.66. The van der Waals surface area contributed by atoms with Gasteiger partial charge in [0.15, 0.2) is 0 Å². The average Bonchev–Trinajstić information content (AvgIpc) is 2.63. The Hall–Kier alpha value is -3.33. The van der Waals surface area contributed by atoms with Gasteiger partial charge in [-0.25, -0.2) is 4.39 Å². The summed E-state index contributed by atoms with van der Waals surface area (Å²) < 4.78 is 18.0. The van der Waals surface area contributed by atoms with Crippen molar-refractivity contribution in [3.63, 3.8) is 0 Å². The third-order valence-corrected chi connectivity index (χ3v) is 3.44. The van der Waals surface area contributed by atoms with Crippen molar-refractivity contribution in [1.29, 1.82) is 5.26 Å². The number of halogens is 1. The molecular formula is C19H18FN3O2. The normalized spacial score (nSPS) is 10.7.